The van der Waals surface area contributed by atoms with E-state index in [0.29, 0.717) is 23.4 Å². The summed E-state index contributed by atoms with van der Waals surface area (Å²) in [6, 6.07) is 11.6. The molecule has 2 aromatic carbocycles. The van der Waals surface area contributed by atoms with Crippen LogP contribution in [0, 0.1) is 10.1 Å². The summed E-state index contributed by atoms with van der Waals surface area (Å²) < 4.78 is 12.7. The van der Waals surface area contributed by atoms with Crippen LogP contribution in [0.5, 0.6) is 11.5 Å². The summed E-state index contributed by atoms with van der Waals surface area (Å²) in [5, 5.41) is 15.3. The first kappa shape index (κ1) is 20.8. The number of carbonyl (C=O) groups is 1. The van der Waals surface area contributed by atoms with Crippen LogP contribution in [-0.4, -0.2) is 27.6 Å². The second-order valence-corrected chi connectivity index (χ2v) is 6.37. The summed E-state index contributed by atoms with van der Waals surface area (Å²) in [4.78, 5) is 23.0. The Bertz CT molecular complexity index is 1090. The molecule has 0 aliphatic rings. The fourth-order valence-corrected chi connectivity index (χ4v) is 2.83. The smallest absolute Gasteiger partial charge is 0.310 e. The van der Waals surface area contributed by atoms with Crippen molar-refractivity contribution < 1.29 is 19.2 Å². The van der Waals surface area contributed by atoms with Crippen LogP contribution in [0.4, 0.5) is 5.69 Å². The number of aryl methyl sites for hydroxylation is 1. The third-order valence-corrected chi connectivity index (χ3v) is 4.42. The van der Waals surface area contributed by atoms with E-state index in [2.05, 4.69) is 5.10 Å². The normalized spacial score (nSPS) is 10.9. The second-order valence-electron chi connectivity index (χ2n) is 6.37. The van der Waals surface area contributed by atoms with Gasteiger partial charge in [-0.15, -0.1) is 0 Å². The molecule has 3 aromatic rings. The maximum Gasteiger partial charge on any atom is 0.310 e. The van der Waals surface area contributed by atoms with E-state index in [0.717, 1.165) is 5.56 Å². The Morgan fingerprint density at radius 3 is 2.73 bits per heavy atom. The van der Waals surface area contributed by atoms with E-state index >= 15 is 0 Å². The van der Waals surface area contributed by atoms with Crippen LogP contribution in [0.2, 0.25) is 0 Å². The van der Waals surface area contributed by atoms with Gasteiger partial charge in [-0.2, -0.15) is 5.10 Å². The first-order chi connectivity index (χ1) is 14.5. The Morgan fingerprint density at radius 1 is 1.23 bits per heavy atom. The topological polar surface area (TPSA) is 96.5 Å². The number of benzene rings is 2. The van der Waals surface area contributed by atoms with Gasteiger partial charge in [-0.05, 0) is 36.8 Å². The molecule has 0 aliphatic heterocycles. The van der Waals surface area contributed by atoms with Gasteiger partial charge < -0.3 is 9.47 Å². The van der Waals surface area contributed by atoms with E-state index < -0.39 is 4.92 Å². The van der Waals surface area contributed by atoms with Crippen LogP contribution >= 0.6 is 0 Å². The first-order valence-electron chi connectivity index (χ1n) is 9.29. The number of nitro groups is 1. The van der Waals surface area contributed by atoms with Crippen molar-refractivity contribution in [3.8, 4) is 11.5 Å². The average Bonchev–Trinajstić information content (AvgIpc) is 3.25. The molecule has 0 aliphatic carbocycles. The SMILES string of the molecule is CCn1cc(C(=O)/C=C/c2ccc(OC)c(COc3ccccc3[N+](=O)[O-])c2)cn1. The largest absolute Gasteiger partial charge is 0.496 e. The molecule has 0 unspecified atom stereocenters. The molecule has 8 nitrogen and oxygen atoms in total. The van der Waals surface area contributed by atoms with Crippen LogP contribution in [0.1, 0.15) is 28.4 Å². The van der Waals surface area contributed by atoms with Gasteiger partial charge in [0.15, 0.2) is 11.5 Å². The van der Waals surface area contributed by atoms with Crippen LogP contribution in [0.15, 0.2) is 60.9 Å². The van der Waals surface area contributed by atoms with Crippen molar-refractivity contribution in [3.63, 3.8) is 0 Å². The third-order valence-electron chi connectivity index (χ3n) is 4.42. The lowest BCUT2D eigenvalue weighted by molar-refractivity contribution is -0.385. The van der Waals surface area contributed by atoms with Crippen molar-refractivity contribution in [2.45, 2.75) is 20.1 Å². The zero-order chi connectivity index (χ0) is 21.5. The van der Waals surface area contributed by atoms with Gasteiger partial charge in [-0.3, -0.25) is 19.6 Å². The minimum atomic E-state index is -0.488. The number of allylic oxidation sites excluding steroid dienone is 1. The van der Waals surface area contributed by atoms with Crippen molar-refractivity contribution >= 4 is 17.5 Å². The third kappa shape index (κ3) is 4.91. The number of carbonyl (C=O) groups excluding carboxylic acids is 1. The summed E-state index contributed by atoms with van der Waals surface area (Å²) in [6.45, 7) is 2.72. The lowest BCUT2D eigenvalue weighted by Crippen LogP contribution is -2.01. The van der Waals surface area contributed by atoms with E-state index in [4.69, 9.17) is 9.47 Å². The first-order valence-corrected chi connectivity index (χ1v) is 9.29. The highest BCUT2D eigenvalue weighted by molar-refractivity contribution is 6.06. The predicted molar refractivity (Wildman–Crippen MR) is 112 cm³/mol. The van der Waals surface area contributed by atoms with Crippen LogP contribution in [-0.2, 0) is 13.2 Å². The molecule has 0 spiro atoms. The van der Waals surface area contributed by atoms with Gasteiger partial charge in [0.25, 0.3) is 0 Å². The molecule has 0 amide bonds. The van der Waals surface area contributed by atoms with Crippen molar-refractivity contribution in [1.29, 1.82) is 0 Å². The average molecular weight is 407 g/mol. The van der Waals surface area contributed by atoms with Crippen molar-refractivity contribution in [3.05, 3.63) is 87.7 Å². The number of hydrogen-bond donors (Lipinski definition) is 0. The minimum absolute atomic E-state index is 0.0763. The number of ether oxygens (including phenoxy) is 2. The molecule has 0 atom stereocenters. The monoisotopic (exact) mass is 407 g/mol. The Kier molecular flexibility index (Phi) is 6.59. The number of nitro benzene ring substituents is 1. The minimum Gasteiger partial charge on any atom is -0.496 e. The van der Waals surface area contributed by atoms with Gasteiger partial charge in [-0.1, -0.05) is 24.3 Å². The van der Waals surface area contributed by atoms with Gasteiger partial charge in [0.05, 0.1) is 23.8 Å². The van der Waals surface area contributed by atoms with Crippen LogP contribution in [0.3, 0.4) is 0 Å². The van der Waals surface area contributed by atoms with Gasteiger partial charge >= 0.3 is 5.69 Å². The zero-order valence-electron chi connectivity index (χ0n) is 16.6. The quantitative estimate of drug-likeness (QED) is 0.227. The summed E-state index contributed by atoms with van der Waals surface area (Å²) >= 11 is 0. The maximum atomic E-state index is 12.3. The van der Waals surface area contributed by atoms with E-state index in [9.17, 15) is 14.9 Å². The predicted octanol–water partition coefficient (Wildman–Crippen LogP) is 4.29. The molecule has 1 heterocycles. The maximum absolute atomic E-state index is 12.3. The number of methoxy groups -OCH3 is 1. The molecular formula is C22H21N3O5. The summed E-state index contributed by atoms with van der Waals surface area (Å²) in [7, 11) is 1.54. The van der Waals surface area contributed by atoms with E-state index in [-0.39, 0.29) is 23.8 Å². The van der Waals surface area contributed by atoms with Crippen molar-refractivity contribution in [1.82, 2.24) is 9.78 Å². The molecule has 0 N–H and O–H groups in total. The standard InChI is InChI=1S/C22H21N3O5/c1-3-24-14-18(13-23-24)20(26)10-8-16-9-11-21(29-2)17(12-16)15-30-22-7-5-4-6-19(22)25(27)28/h4-14H,3,15H2,1-2H3/b10-8+. The molecule has 0 radical (unpaired) electrons. The number of rotatable bonds is 9. The summed E-state index contributed by atoms with van der Waals surface area (Å²) in [5.74, 6) is 0.609. The Morgan fingerprint density at radius 2 is 2.03 bits per heavy atom. The Labute approximate surface area is 173 Å². The highest BCUT2D eigenvalue weighted by atomic mass is 16.6. The number of aromatic nitrogens is 2. The van der Waals surface area contributed by atoms with E-state index in [1.807, 2.05) is 19.1 Å². The Balaban J connectivity index is 1.77. The van der Waals surface area contributed by atoms with Crippen LogP contribution < -0.4 is 9.47 Å². The fourth-order valence-electron chi connectivity index (χ4n) is 2.83. The van der Waals surface area contributed by atoms with Gasteiger partial charge in [-0.25, -0.2) is 0 Å². The van der Waals surface area contributed by atoms with Crippen molar-refractivity contribution in [2.24, 2.45) is 0 Å². The molecule has 0 saturated heterocycles. The number of ketones is 1. The van der Waals surface area contributed by atoms with Gasteiger partial charge in [0, 0.05) is 24.4 Å². The molecule has 8 heteroatoms. The fraction of sp³-hybridized carbons (Fsp3) is 0.182. The molecule has 0 fully saturated rings. The van der Waals surface area contributed by atoms with E-state index in [1.165, 1.54) is 25.4 Å². The van der Waals surface area contributed by atoms with Gasteiger partial charge in [0.2, 0.25) is 0 Å². The van der Waals surface area contributed by atoms with Gasteiger partial charge in [0.1, 0.15) is 12.4 Å². The van der Waals surface area contributed by atoms with Crippen molar-refractivity contribution in [2.75, 3.05) is 7.11 Å². The summed E-state index contributed by atoms with van der Waals surface area (Å²) in [5.41, 5.74) is 1.88. The molecule has 1 aromatic heterocycles. The molecule has 30 heavy (non-hydrogen) atoms. The Hall–Kier alpha value is -3.94. The molecule has 3 rings (SSSR count). The second kappa shape index (κ2) is 9.51. The highest BCUT2D eigenvalue weighted by Crippen LogP contribution is 2.28. The lowest BCUT2D eigenvalue weighted by atomic mass is 10.1. The zero-order valence-corrected chi connectivity index (χ0v) is 16.6. The highest BCUT2D eigenvalue weighted by Gasteiger charge is 2.15. The number of hydrogen-bond acceptors (Lipinski definition) is 6. The van der Waals surface area contributed by atoms with Crippen LogP contribution in [0.25, 0.3) is 6.08 Å². The lowest BCUT2D eigenvalue weighted by Gasteiger charge is -2.11. The van der Waals surface area contributed by atoms with E-state index in [1.54, 1.807) is 41.2 Å². The number of para-hydroxylation sites is 2. The number of nitrogens with zero attached hydrogens (tertiary/aromatic N) is 3. The summed E-state index contributed by atoms with van der Waals surface area (Å²) in [6.07, 6.45) is 6.41. The molecular weight excluding hydrogens is 386 g/mol. The molecule has 0 saturated carbocycles. The molecule has 0 bridgehead atoms. The molecule has 154 valence electrons.